The second-order valence-electron chi connectivity index (χ2n) is 6.38. The van der Waals surface area contributed by atoms with Gasteiger partial charge < -0.3 is 4.57 Å². The number of nitrogens with zero attached hydrogens (tertiary/aromatic N) is 6. The highest BCUT2D eigenvalue weighted by Gasteiger charge is 2.21. The Morgan fingerprint density at radius 3 is 2.62 bits per heavy atom. The minimum absolute atomic E-state index is 0.0691. The first-order valence-corrected chi connectivity index (χ1v) is 8.43. The molecule has 6 nitrogen and oxygen atoms in total. The number of hydrogen-bond donors (Lipinski definition) is 0. The molecule has 1 aromatic carbocycles. The third kappa shape index (κ3) is 2.85. The summed E-state index contributed by atoms with van der Waals surface area (Å²) in [7, 11) is 1.80. The SMILES string of the molecule is Cc1ncc(C)n2nc(CC(F)c3nc(-c4ccccc4)cn3C)nc12. The molecule has 1 unspecified atom stereocenters. The average Bonchev–Trinajstić information content (AvgIpc) is 3.23. The van der Waals surface area contributed by atoms with E-state index >= 15 is 0 Å². The molecule has 0 saturated carbocycles. The van der Waals surface area contributed by atoms with Crippen LogP contribution in [0.5, 0.6) is 0 Å². The van der Waals surface area contributed by atoms with Crippen LogP contribution in [0.1, 0.15) is 29.2 Å². The summed E-state index contributed by atoms with van der Waals surface area (Å²) in [5.41, 5.74) is 4.02. The van der Waals surface area contributed by atoms with Crippen molar-refractivity contribution in [2.75, 3.05) is 0 Å². The Labute approximate surface area is 150 Å². The molecule has 3 heterocycles. The molecular formula is C19H19FN6. The van der Waals surface area contributed by atoms with Gasteiger partial charge >= 0.3 is 0 Å². The van der Waals surface area contributed by atoms with Gasteiger partial charge in [0.1, 0.15) is 5.82 Å². The van der Waals surface area contributed by atoms with Crippen molar-refractivity contribution in [1.29, 1.82) is 0 Å². The lowest BCUT2D eigenvalue weighted by atomic mass is 10.2. The number of hydrogen-bond acceptors (Lipinski definition) is 4. The number of alkyl halides is 1. The van der Waals surface area contributed by atoms with Crippen molar-refractivity contribution in [1.82, 2.24) is 29.1 Å². The number of rotatable bonds is 4. The van der Waals surface area contributed by atoms with Crippen LogP contribution in [0.15, 0.2) is 42.7 Å². The molecule has 0 amide bonds. The average molecular weight is 350 g/mol. The maximum Gasteiger partial charge on any atom is 0.177 e. The summed E-state index contributed by atoms with van der Waals surface area (Å²) < 4.78 is 18.4. The summed E-state index contributed by atoms with van der Waals surface area (Å²) in [4.78, 5) is 13.2. The Kier molecular flexibility index (Phi) is 3.99. The van der Waals surface area contributed by atoms with Gasteiger partial charge in [-0.3, -0.25) is 4.98 Å². The predicted octanol–water partition coefficient (Wildman–Crippen LogP) is 3.39. The first kappa shape index (κ1) is 16.4. The Morgan fingerprint density at radius 2 is 1.88 bits per heavy atom. The first-order valence-electron chi connectivity index (χ1n) is 8.43. The van der Waals surface area contributed by atoms with Crippen LogP contribution in [0.25, 0.3) is 16.9 Å². The van der Waals surface area contributed by atoms with Gasteiger partial charge in [0, 0.05) is 31.4 Å². The van der Waals surface area contributed by atoms with Crippen molar-refractivity contribution in [3.63, 3.8) is 0 Å². The summed E-state index contributed by atoms with van der Waals surface area (Å²) in [6.07, 6.45) is 2.36. The lowest BCUT2D eigenvalue weighted by molar-refractivity contribution is 0.314. The second-order valence-corrected chi connectivity index (χ2v) is 6.38. The number of aryl methyl sites for hydroxylation is 3. The van der Waals surface area contributed by atoms with Gasteiger partial charge in [-0.05, 0) is 13.8 Å². The quantitative estimate of drug-likeness (QED) is 0.566. The van der Waals surface area contributed by atoms with Gasteiger partial charge in [-0.25, -0.2) is 18.9 Å². The molecule has 7 heteroatoms. The number of benzene rings is 1. The maximum atomic E-state index is 15.0. The highest BCUT2D eigenvalue weighted by atomic mass is 19.1. The van der Waals surface area contributed by atoms with E-state index in [1.165, 1.54) is 0 Å². The molecule has 0 aliphatic rings. The molecule has 3 aromatic heterocycles. The molecule has 4 aromatic rings. The van der Waals surface area contributed by atoms with Crippen molar-refractivity contribution in [3.05, 3.63) is 65.8 Å². The van der Waals surface area contributed by atoms with Crippen molar-refractivity contribution in [3.8, 4) is 11.3 Å². The standard InChI is InChI=1S/C19H19FN6/c1-12-10-21-13(2)18-23-17(24-26(12)18)9-15(20)19-22-16(11-25(19)3)14-7-5-4-6-8-14/h4-8,10-11,15H,9H2,1-3H3. The molecular weight excluding hydrogens is 331 g/mol. The maximum absolute atomic E-state index is 15.0. The van der Waals surface area contributed by atoms with Crippen LogP contribution < -0.4 is 0 Å². The van der Waals surface area contributed by atoms with Gasteiger partial charge in [-0.2, -0.15) is 5.10 Å². The molecule has 0 N–H and O–H groups in total. The lowest BCUT2D eigenvalue weighted by Gasteiger charge is -2.05. The van der Waals surface area contributed by atoms with E-state index in [1.807, 2.05) is 50.4 Å². The van der Waals surface area contributed by atoms with Crippen molar-refractivity contribution in [2.24, 2.45) is 7.05 Å². The van der Waals surface area contributed by atoms with Crippen molar-refractivity contribution in [2.45, 2.75) is 26.4 Å². The molecule has 4 rings (SSSR count). The van der Waals surface area contributed by atoms with Crippen molar-refractivity contribution >= 4 is 5.65 Å². The van der Waals surface area contributed by atoms with Crippen LogP contribution in [0, 0.1) is 13.8 Å². The first-order chi connectivity index (χ1) is 12.5. The van der Waals surface area contributed by atoms with E-state index in [1.54, 1.807) is 22.3 Å². The third-order valence-corrected chi connectivity index (χ3v) is 4.38. The van der Waals surface area contributed by atoms with Gasteiger partial charge in [0.05, 0.1) is 17.1 Å². The lowest BCUT2D eigenvalue weighted by Crippen LogP contribution is -2.06. The fraction of sp³-hybridized carbons (Fsp3) is 0.263. The number of fused-ring (bicyclic) bond motifs is 1. The topological polar surface area (TPSA) is 60.9 Å². The Morgan fingerprint density at radius 1 is 1.12 bits per heavy atom. The van der Waals surface area contributed by atoms with Crippen LogP contribution in [-0.4, -0.2) is 29.1 Å². The van der Waals surface area contributed by atoms with Crippen LogP contribution in [0.3, 0.4) is 0 Å². The monoisotopic (exact) mass is 350 g/mol. The molecule has 0 fully saturated rings. The fourth-order valence-electron chi connectivity index (χ4n) is 3.00. The highest BCUT2D eigenvalue weighted by molar-refractivity contribution is 5.58. The van der Waals surface area contributed by atoms with Crippen LogP contribution in [0.4, 0.5) is 4.39 Å². The summed E-state index contributed by atoms with van der Waals surface area (Å²) in [5.74, 6) is 0.815. The molecule has 1 atom stereocenters. The van der Waals surface area contributed by atoms with Gasteiger partial charge in [0.2, 0.25) is 0 Å². The van der Waals surface area contributed by atoms with E-state index in [0.717, 1.165) is 22.6 Å². The minimum atomic E-state index is -1.29. The van der Waals surface area contributed by atoms with E-state index in [0.29, 0.717) is 17.3 Å². The third-order valence-electron chi connectivity index (χ3n) is 4.38. The molecule has 132 valence electrons. The van der Waals surface area contributed by atoms with Crippen molar-refractivity contribution < 1.29 is 4.39 Å². The largest absolute Gasteiger partial charge is 0.335 e. The number of imidazole rings is 1. The van der Waals surface area contributed by atoms with Crippen LogP contribution in [-0.2, 0) is 13.5 Å². The number of halogens is 1. The molecule has 0 bridgehead atoms. The molecule has 0 spiro atoms. The molecule has 0 aliphatic carbocycles. The van der Waals surface area contributed by atoms with E-state index < -0.39 is 6.17 Å². The molecule has 0 radical (unpaired) electrons. The van der Waals surface area contributed by atoms with Crippen LogP contribution >= 0.6 is 0 Å². The highest BCUT2D eigenvalue weighted by Crippen LogP contribution is 2.25. The zero-order valence-electron chi connectivity index (χ0n) is 14.9. The van der Waals surface area contributed by atoms with E-state index in [9.17, 15) is 4.39 Å². The smallest absolute Gasteiger partial charge is 0.177 e. The summed E-state index contributed by atoms with van der Waals surface area (Å²) in [6.45, 7) is 3.76. The Bertz CT molecular complexity index is 1030. The Hall–Kier alpha value is -3.09. The minimum Gasteiger partial charge on any atom is -0.335 e. The van der Waals surface area contributed by atoms with Gasteiger partial charge in [0.15, 0.2) is 17.6 Å². The normalized spacial score (nSPS) is 12.6. The van der Waals surface area contributed by atoms with E-state index in [-0.39, 0.29) is 6.42 Å². The zero-order chi connectivity index (χ0) is 18.3. The van der Waals surface area contributed by atoms with Gasteiger partial charge in [-0.15, -0.1) is 0 Å². The fourth-order valence-corrected chi connectivity index (χ4v) is 3.00. The molecule has 0 saturated heterocycles. The second kappa shape index (κ2) is 6.33. The van der Waals surface area contributed by atoms with E-state index in [2.05, 4.69) is 20.1 Å². The summed E-state index contributed by atoms with van der Waals surface area (Å²) in [6, 6.07) is 9.74. The molecule has 26 heavy (non-hydrogen) atoms. The van der Waals surface area contributed by atoms with Crippen LogP contribution in [0.2, 0.25) is 0 Å². The Balaban J connectivity index is 1.63. The summed E-state index contributed by atoms with van der Waals surface area (Å²) in [5, 5.41) is 4.42. The molecule has 0 aliphatic heterocycles. The zero-order valence-corrected chi connectivity index (χ0v) is 14.9. The number of aromatic nitrogens is 6. The summed E-state index contributed by atoms with van der Waals surface area (Å²) >= 11 is 0. The van der Waals surface area contributed by atoms with Gasteiger partial charge in [-0.1, -0.05) is 30.3 Å². The predicted molar refractivity (Wildman–Crippen MR) is 96.5 cm³/mol. The van der Waals surface area contributed by atoms with Gasteiger partial charge in [0.25, 0.3) is 0 Å². The van der Waals surface area contributed by atoms with E-state index in [4.69, 9.17) is 0 Å².